The predicted molar refractivity (Wildman–Crippen MR) is 102 cm³/mol. The van der Waals surface area contributed by atoms with Crippen LogP contribution in [0.3, 0.4) is 0 Å². The van der Waals surface area contributed by atoms with Gasteiger partial charge in [-0.15, -0.1) is 0 Å². The van der Waals surface area contributed by atoms with Gasteiger partial charge in [0.05, 0.1) is 0 Å². The van der Waals surface area contributed by atoms with Gasteiger partial charge in [-0.25, -0.2) is 9.78 Å². The van der Waals surface area contributed by atoms with E-state index in [4.69, 9.17) is 0 Å². The maximum Gasteiger partial charge on any atom is 0.321 e. The van der Waals surface area contributed by atoms with Gasteiger partial charge in [0.25, 0.3) is 0 Å². The van der Waals surface area contributed by atoms with Crippen molar-refractivity contribution in [3.8, 4) is 0 Å². The highest BCUT2D eigenvalue weighted by Gasteiger charge is 2.21. The number of pyridine rings is 1. The minimum Gasteiger partial charge on any atom is -0.353 e. The summed E-state index contributed by atoms with van der Waals surface area (Å²) in [6, 6.07) is 14.1. The monoisotopic (exact) mass is 338 g/mol. The van der Waals surface area contributed by atoms with E-state index < -0.39 is 0 Å². The molecule has 1 saturated heterocycles. The lowest BCUT2D eigenvalue weighted by atomic mass is 9.99. The summed E-state index contributed by atoms with van der Waals surface area (Å²) in [5.41, 5.74) is 2.16. The summed E-state index contributed by atoms with van der Waals surface area (Å²) in [6.45, 7) is 7.41. The molecule has 2 amide bonds. The normalized spacial score (nSPS) is 15.8. The Morgan fingerprint density at radius 2 is 1.84 bits per heavy atom. The van der Waals surface area contributed by atoms with Gasteiger partial charge >= 0.3 is 6.03 Å². The van der Waals surface area contributed by atoms with Crippen LogP contribution in [0, 0.1) is 0 Å². The van der Waals surface area contributed by atoms with E-state index in [0.717, 1.165) is 31.0 Å². The number of rotatable bonds is 4. The summed E-state index contributed by atoms with van der Waals surface area (Å²) in [5, 5.41) is 3.00. The average Bonchev–Trinajstić information content (AvgIpc) is 2.68. The zero-order valence-corrected chi connectivity index (χ0v) is 15.0. The van der Waals surface area contributed by atoms with Crippen molar-refractivity contribution in [2.45, 2.75) is 26.2 Å². The summed E-state index contributed by atoms with van der Waals surface area (Å²) >= 11 is 0. The summed E-state index contributed by atoms with van der Waals surface area (Å²) in [5.74, 6) is 1.52. The number of hydrogen-bond acceptors (Lipinski definition) is 3. The molecule has 1 aliphatic rings. The highest BCUT2D eigenvalue weighted by atomic mass is 16.2. The SMILES string of the molecule is CC[C@H](C)c1ccc(NC(=O)N2CCN(c3ccccn3)CC2)cc1. The molecule has 1 aromatic heterocycles. The lowest BCUT2D eigenvalue weighted by Crippen LogP contribution is -2.50. The summed E-state index contributed by atoms with van der Waals surface area (Å²) in [4.78, 5) is 20.9. The number of anilines is 2. The molecule has 25 heavy (non-hydrogen) atoms. The first-order valence-electron chi connectivity index (χ1n) is 8.99. The van der Waals surface area contributed by atoms with Crippen molar-refractivity contribution in [1.29, 1.82) is 0 Å². The Bertz CT molecular complexity index is 679. The Morgan fingerprint density at radius 1 is 1.12 bits per heavy atom. The third-order valence-corrected chi connectivity index (χ3v) is 4.88. The van der Waals surface area contributed by atoms with Crippen LogP contribution in [-0.4, -0.2) is 42.1 Å². The largest absolute Gasteiger partial charge is 0.353 e. The number of nitrogens with zero attached hydrogens (tertiary/aromatic N) is 3. The van der Waals surface area contributed by atoms with Gasteiger partial charge < -0.3 is 15.1 Å². The molecule has 0 unspecified atom stereocenters. The fourth-order valence-corrected chi connectivity index (χ4v) is 3.01. The first kappa shape index (κ1) is 17.3. The molecule has 5 heteroatoms. The van der Waals surface area contributed by atoms with Gasteiger partial charge in [-0.1, -0.05) is 32.0 Å². The van der Waals surface area contributed by atoms with E-state index in [2.05, 4.69) is 41.2 Å². The molecule has 1 N–H and O–H groups in total. The summed E-state index contributed by atoms with van der Waals surface area (Å²) in [6.07, 6.45) is 2.92. The van der Waals surface area contributed by atoms with Crippen molar-refractivity contribution in [3.05, 3.63) is 54.2 Å². The molecule has 3 rings (SSSR count). The minimum absolute atomic E-state index is 0.0306. The number of benzene rings is 1. The molecular weight excluding hydrogens is 312 g/mol. The first-order valence-corrected chi connectivity index (χ1v) is 8.99. The fourth-order valence-electron chi connectivity index (χ4n) is 3.01. The molecule has 1 fully saturated rings. The quantitative estimate of drug-likeness (QED) is 0.918. The van der Waals surface area contributed by atoms with E-state index >= 15 is 0 Å². The number of hydrogen-bond donors (Lipinski definition) is 1. The van der Waals surface area contributed by atoms with Crippen LogP contribution in [0.1, 0.15) is 31.7 Å². The number of carbonyl (C=O) groups is 1. The molecule has 1 aromatic carbocycles. The van der Waals surface area contributed by atoms with E-state index in [1.807, 2.05) is 35.2 Å². The van der Waals surface area contributed by atoms with Gasteiger partial charge in [0.2, 0.25) is 0 Å². The second-order valence-electron chi connectivity index (χ2n) is 6.52. The van der Waals surface area contributed by atoms with Crippen LogP contribution in [0.2, 0.25) is 0 Å². The van der Waals surface area contributed by atoms with Crippen LogP contribution in [0.5, 0.6) is 0 Å². The Kier molecular flexibility index (Phi) is 5.53. The molecule has 2 aromatic rings. The van der Waals surface area contributed by atoms with E-state index in [1.54, 1.807) is 6.20 Å². The molecule has 5 nitrogen and oxygen atoms in total. The lowest BCUT2D eigenvalue weighted by Gasteiger charge is -2.35. The Hall–Kier alpha value is -2.56. The van der Waals surface area contributed by atoms with E-state index in [9.17, 15) is 4.79 Å². The smallest absolute Gasteiger partial charge is 0.321 e. The first-order chi connectivity index (χ1) is 12.2. The van der Waals surface area contributed by atoms with Gasteiger partial charge in [-0.05, 0) is 42.2 Å². The lowest BCUT2D eigenvalue weighted by molar-refractivity contribution is 0.208. The van der Waals surface area contributed by atoms with Gasteiger partial charge in [-0.3, -0.25) is 0 Å². The number of aromatic nitrogens is 1. The molecule has 0 bridgehead atoms. The second kappa shape index (κ2) is 8.01. The van der Waals surface area contributed by atoms with Crippen LogP contribution in [0.15, 0.2) is 48.7 Å². The molecule has 0 spiro atoms. The molecule has 132 valence electrons. The zero-order chi connectivity index (χ0) is 17.6. The molecule has 2 heterocycles. The van der Waals surface area contributed by atoms with Crippen molar-refractivity contribution >= 4 is 17.5 Å². The highest BCUT2D eigenvalue weighted by Crippen LogP contribution is 2.21. The third-order valence-electron chi connectivity index (χ3n) is 4.88. The van der Waals surface area contributed by atoms with E-state index in [1.165, 1.54) is 5.56 Å². The van der Waals surface area contributed by atoms with Gasteiger partial charge in [-0.2, -0.15) is 0 Å². The maximum absolute atomic E-state index is 12.5. The van der Waals surface area contributed by atoms with E-state index in [0.29, 0.717) is 19.0 Å². The van der Waals surface area contributed by atoms with Crippen LogP contribution < -0.4 is 10.2 Å². The second-order valence-corrected chi connectivity index (χ2v) is 6.52. The van der Waals surface area contributed by atoms with Gasteiger partial charge in [0, 0.05) is 38.1 Å². The van der Waals surface area contributed by atoms with Crippen LogP contribution in [0.4, 0.5) is 16.3 Å². The summed E-state index contributed by atoms with van der Waals surface area (Å²) < 4.78 is 0. The highest BCUT2D eigenvalue weighted by molar-refractivity contribution is 5.89. The number of nitrogens with one attached hydrogen (secondary N) is 1. The average molecular weight is 338 g/mol. The zero-order valence-electron chi connectivity index (χ0n) is 15.0. The topological polar surface area (TPSA) is 48.5 Å². The number of amides is 2. The van der Waals surface area contributed by atoms with Crippen LogP contribution in [0.25, 0.3) is 0 Å². The third kappa shape index (κ3) is 4.29. The van der Waals surface area contributed by atoms with E-state index in [-0.39, 0.29) is 6.03 Å². The minimum atomic E-state index is -0.0306. The predicted octanol–water partition coefficient (Wildman–Crippen LogP) is 3.95. The summed E-state index contributed by atoms with van der Waals surface area (Å²) in [7, 11) is 0. The number of piperazine rings is 1. The number of urea groups is 1. The Balaban J connectivity index is 1.53. The Morgan fingerprint density at radius 3 is 2.44 bits per heavy atom. The van der Waals surface area contributed by atoms with Crippen LogP contribution >= 0.6 is 0 Å². The van der Waals surface area contributed by atoms with Crippen molar-refractivity contribution in [2.75, 3.05) is 36.4 Å². The molecular formula is C20H26N4O. The van der Waals surface area contributed by atoms with Gasteiger partial charge in [0.15, 0.2) is 0 Å². The Labute approximate surface area is 149 Å². The molecule has 0 aliphatic carbocycles. The molecule has 1 atom stereocenters. The van der Waals surface area contributed by atoms with Crippen molar-refractivity contribution in [1.82, 2.24) is 9.88 Å². The molecule has 0 radical (unpaired) electrons. The van der Waals surface area contributed by atoms with Gasteiger partial charge in [0.1, 0.15) is 5.82 Å². The molecule has 0 saturated carbocycles. The number of carbonyl (C=O) groups excluding carboxylic acids is 1. The standard InChI is InChI=1S/C20H26N4O/c1-3-16(2)17-7-9-18(10-8-17)22-20(25)24-14-12-23(13-15-24)19-6-4-5-11-21-19/h4-11,16H,3,12-15H2,1-2H3,(H,22,25)/t16-/m0/s1. The maximum atomic E-state index is 12.5. The fraction of sp³-hybridized carbons (Fsp3) is 0.400. The van der Waals surface area contributed by atoms with Crippen LogP contribution in [-0.2, 0) is 0 Å². The molecule has 1 aliphatic heterocycles. The van der Waals surface area contributed by atoms with Crippen molar-refractivity contribution in [2.24, 2.45) is 0 Å². The van der Waals surface area contributed by atoms with Crippen molar-refractivity contribution < 1.29 is 4.79 Å². The van der Waals surface area contributed by atoms with Crippen molar-refractivity contribution in [3.63, 3.8) is 0 Å².